The number of benzene rings is 2. The van der Waals surface area contributed by atoms with Crippen molar-refractivity contribution in [2.24, 2.45) is 11.8 Å². The molecule has 0 saturated carbocycles. The third kappa shape index (κ3) is 3.53. The molecule has 0 spiro atoms. The third-order valence-corrected chi connectivity index (χ3v) is 7.70. The molecule has 2 saturated heterocycles. The first-order chi connectivity index (χ1) is 14.8. The second-order valence-electron chi connectivity index (χ2n) is 8.12. The Labute approximate surface area is 179 Å². The Morgan fingerprint density at radius 1 is 1.00 bits per heavy atom. The van der Waals surface area contributed by atoms with Gasteiger partial charge in [-0.3, -0.25) is 0 Å². The van der Waals surface area contributed by atoms with E-state index in [1.165, 1.54) is 24.4 Å². The minimum atomic E-state index is -4.03. The lowest BCUT2D eigenvalue weighted by molar-refractivity contribution is 0.177. The topological polar surface area (TPSA) is 51.5 Å². The van der Waals surface area contributed by atoms with E-state index in [1.807, 2.05) is 6.07 Å². The van der Waals surface area contributed by atoms with Crippen molar-refractivity contribution in [3.05, 3.63) is 78.8 Å². The van der Waals surface area contributed by atoms with Crippen LogP contribution in [0.1, 0.15) is 5.56 Å². The highest BCUT2D eigenvalue weighted by molar-refractivity contribution is 7.90. The molecule has 0 aliphatic carbocycles. The summed E-state index contributed by atoms with van der Waals surface area (Å²) in [6.45, 7) is 6.92. The average molecular weight is 443 g/mol. The zero-order valence-corrected chi connectivity index (χ0v) is 17.5. The van der Waals surface area contributed by atoms with Crippen LogP contribution in [0, 0.1) is 30.4 Å². The maximum atomic E-state index is 14.4. The predicted molar refractivity (Wildman–Crippen MR) is 113 cm³/mol. The monoisotopic (exact) mass is 443 g/mol. The van der Waals surface area contributed by atoms with Crippen molar-refractivity contribution in [2.75, 3.05) is 31.2 Å². The quantitative estimate of drug-likeness (QED) is 0.613. The number of anilines is 1. The van der Waals surface area contributed by atoms with Gasteiger partial charge in [0, 0.05) is 48.4 Å². The summed E-state index contributed by atoms with van der Waals surface area (Å²) in [7, 11) is -4.03. The largest absolute Gasteiger partial charge is 0.381 e. The van der Waals surface area contributed by atoms with Gasteiger partial charge < -0.3 is 9.64 Å². The van der Waals surface area contributed by atoms with Crippen LogP contribution in [0.4, 0.5) is 14.5 Å². The molecule has 2 aliphatic rings. The molecule has 31 heavy (non-hydrogen) atoms. The van der Waals surface area contributed by atoms with E-state index in [0.29, 0.717) is 17.4 Å². The maximum Gasteiger partial charge on any atom is 0.268 e. The van der Waals surface area contributed by atoms with Gasteiger partial charge in [0.1, 0.15) is 11.6 Å². The highest BCUT2D eigenvalue weighted by atomic mass is 32.2. The highest BCUT2D eigenvalue weighted by Gasteiger charge is 2.37. The van der Waals surface area contributed by atoms with E-state index in [2.05, 4.69) is 11.8 Å². The summed E-state index contributed by atoms with van der Waals surface area (Å²) in [5.41, 5.74) is 1.32. The molecule has 0 bridgehead atoms. The van der Waals surface area contributed by atoms with Gasteiger partial charge in [0.15, 0.2) is 0 Å². The molecule has 2 fully saturated rings. The van der Waals surface area contributed by atoms with Crippen molar-refractivity contribution in [1.29, 1.82) is 0 Å². The first-order valence-corrected chi connectivity index (χ1v) is 11.4. The van der Waals surface area contributed by atoms with E-state index in [9.17, 15) is 17.2 Å². The van der Waals surface area contributed by atoms with Crippen LogP contribution >= 0.6 is 0 Å². The summed E-state index contributed by atoms with van der Waals surface area (Å²) in [5.74, 6) is -0.641. The van der Waals surface area contributed by atoms with Crippen molar-refractivity contribution in [3.63, 3.8) is 0 Å². The maximum absolute atomic E-state index is 14.4. The molecule has 1 aromatic heterocycles. The smallest absolute Gasteiger partial charge is 0.268 e. The Hall–Kier alpha value is -2.71. The summed E-state index contributed by atoms with van der Waals surface area (Å²) in [5, 5.41) is 0. The predicted octanol–water partition coefficient (Wildman–Crippen LogP) is 3.94. The molecule has 0 amide bonds. The van der Waals surface area contributed by atoms with Gasteiger partial charge in [0.05, 0.1) is 23.8 Å². The van der Waals surface area contributed by atoms with E-state index in [4.69, 9.17) is 4.74 Å². The Morgan fingerprint density at radius 3 is 2.45 bits per heavy atom. The van der Waals surface area contributed by atoms with Crippen molar-refractivity contribution >= 4 is 15.7 Å². The lowest BCUT2D eigenvalue weighted by atomic mass is 10.0. The zero-order valence-electron chi connectivity index (χ0n) is 16.7. The van der Waals surface area contributed by atoms with Crippen molar-refractivity contribution in [3.8, 4) is 11.3 Å². The second-order valence-corrected chi connectivity index (χ2v) is 9.93. The van der Waals surface area contributed by atoms with Crippen molar-refractivity contribution in [2.45, 2.75) is 4.90 Å². The number of halogens is 2. The van der Waals surface area contributed by atoms with Gasteiger partial charge in [0.25, 0.3) is 10.0 Å². The molecule has 2 atom stereocenters. The Balaban J connectivity index is 1.53. The average Bonchev–Trinajstić information content (AvgIpc) is 3.43. The molecule has 5 nitrogen and oxygen atoms in total. The van der Waals surface area contributed by atoms with Crippen LogP contribution in [0.3, 0.4) is 0 Å². The van der Waals surface area contributed by atoms with Gasteiger partial charge in [-0.2, -0.15) is 0 Å². The van der Waals surface area contributed by atoms with Gasteiger partial charge >= 0.3 is 0 Å². The number of hydrogen-bond acceptors (Lipinski definition) is 4. The van der Waals surface area contributed by atoms with Crippen LogP contribution in [0.2, 0.25) is 0 Å². The Morgan fingerprint density at radius 2 is 1.74 bits per heavy atom. The Kier molecular flexibility index (Phi) is 4.86. The molecule has 3 heterocycles. The normalized spacial score (nSPS) is 20.9. The number of aromatic nitrogens is 1. The minimum Gasteiger partial charge on any atom is -0.381 e. The van der Waals surface area contributed by atoms with Gasteiger partial charge in [-0.25, -0.2) is 21.2 Å². The van der Waals surface area contributed by atoms with Crippen LogP contribution < -0.4 is 4.90 Å². The van der Waals surface area contributed by atoms with E-state index >= 15 is 0 Å². The molecule has 0 N–H and O–H groups in total. The fourth-order valence-corrected chi connectivity index (χ4v) is 5.87. The summed E-state index contributed by atoms with van der Waals surface area (Å²) < 4.78 is 61.3. The number of ether oxygens (including phenoxy) is 1. The van der Waals surface area contributed by atoms with Crippen molar-refractivity contribution in [1.82, 2.24) is 3.97 Å². The van der Waals surface area contributed by atoms with Gasteiger partial charge in [-0.15, -0.1) is 0 Å². The first-order valence-electron chi connectivity index (χ1n) is 10.0. The second kappa shape index (κ2) is 7.46. The summed E-state index contributed by atoms with van der Waals surface area (Å²) in [4.78, 5) is 2.28. The lowest BCUT2D eigenvalue weighted by Crippen LogP contribution is -2.22. The molecule has 1 radical (unpaired) electrons. The van der Waals surface area contributed by atoms with Crippen molar-refractivity contribution < 1.29 is 21.9 Å². The molecular weight excluding hydrogens is 422 g/mol. The fourth-order valence-electron chi connectivity index (χ4n) is 4.44. The van der Waals surface area contributed by atoms with Gasteiger partial charge in [-0.05, 0) is 48.9 Å². The van der Waals surface area contributed by atoms with E-state index in [1.54, 1.807) is 12.1 Å². The molecule has 5 rings (SSSR count). The molecule has 2 aliphatic heterocycles. The molecule has 3 aromatic rings. The third-order valence-electron chi connectivity index (χ3n) is 6.03. The SMILES string of the molecule is [CH2]c1cc(-c2ccc(F)cc2F)n(S(=O)(=O)c2cccc(N3CC4COCC4C3)c2)c1. The molecular formula is C23H21F2N2O3S. The standard InChI is InChI=1S/C23H21F2N2O3S/c1-15-7-23(21-6-5-18(24)8-22(21)25)27(10-15)31(28,29)20-4-2-3-19(9-20)26-11-16-13-30-14-17(16)12-26/h2-10,16-17H,1,11-14H2. The lowest BCUT2D eigenvalue weighted by Gasteiger charge is -2.20. The van der Waals surface area contributed by atoms with E-state index < -0.39 is 21.7 Å². The highest BCUT2D eigenvalue weighted by Crippen LogP contribution is 2.34. The van der Waals surface area contributed by atoms with Crippen LogP contribution in [0.25, 0.3) is 11.3 Å². The number of fused-ring (bicyclic) bond motifs is 1. The van der Waals surface area contributed by atoms with Crippen LogP contribution in [0.5, 0.6) is 0 Å². The zero-order chi connectivity index (χ0) is 21.8. The summed E-state index contributed by atoms with van der Waals surface area (Å²) >= 11 is 0. The first kappa shape index (κ1) is 20.2. The molecule has 2 aromatic carbocycles. The number of nitrogens with zero attached hydrogens (tertiary/aromatic N) is 2. The summed E-state index contributed by atoms with van der Waals surface area (Å²) in [6, 6.07) is 11.3. The summed E-state index contributed by atoms with van der Waals surface area (Å²) in [6.07, 6.45) is 1.34. The molecule has 8 heteroatoms. The van der Waals surface area contributed by atoms with Gasteiger partial charge in [-0.1, -0.05) is 6.07 Å². The Bertz CT molecular complexity index is 1240. The fraction of sp³-hybridized carbons (Fsp3) is 0.261. The van der Waals surface area contributed by atoms with Gasteiger partial charge in [0.2, 0.25) is 0 Å². The number of hydrogen-bond donors (Lipinski definition) is 0. The van der Waals surface area contributed by atoms with E-state index in [0.717, 1.165) is 48.1 Å². The van der Waals surface area contributed by atoms with Crippen LogP contribution in [-0.4, -0.2) is 38.7 Å². The van der Waals surface area contributed by atoms with Crippen LogP contribution in [-0.2, 0) is 14.8 Å². The number of rotatable bonds is 4. The molecule has 161 valence electrons. The van der Waals surface area contributed by atoms with E-state index in [-0.39, 0.29) is 16.2 Å². The molecule has 2 unspecified atom stereocenters. The minimum absolute atomic E-state index is 0.0107. The van der Waals surface area contributed by atoms with Crippen LogP contribution in [0.15, 0.2) is 59.6 Å².